The van der Waals surface area contributed by atoms with Crippen molar-refractivity contribution in [1.29, 1.82) is 0 Å². The van der Waals surface area contributed by atoms with E-state index < -0.39 is 9.05 Å². The number of hydrogen-bond acceptors (Lipinski definition) is 4. The molecule has 2 radical (unpaired) electrons. The van der Waals surface area contributed by atoms with Crippen LogP contribution in [0.3, 0.4) is 0 Å². The smallest absolute Gasteiger partial charge is 0.368 e. The molecule has 0 heterocycles. The van der Waals surface area contributed by atoms with Gasteiger partial charge in [0.05, 0.1) is 0 Å². The fourth-order valence-electron chi connectivity index (χ4n) is 0. The Balaban J connectivity index is -0.0000000800. The van der Waals surface area contributed by atoms with E-state index in [-0.39, 0.29) is 69.6 Å². The average Bonchev–Trinajstić information content (AvgIpc) is 0.722. The van der Waals surface area contributed by atoms with Gasteiger partial charge in [0.1, 0.15) is 0 Å². The van der Waals surface area contributed by atoms with Gasteiger partial charge in [-0.05, 0) is 0 Å². The van der Waals surface area contributed by atoms with Crippen LogP contribution >= 0.6 is 0 Å². The first-order chi connectivity index (χ1) is 2.00. The van der Waals surface area contributed by atoms with Gasteiger partial charge in [-0.1, -0.05) is 0 Å². The molecular formula is H4LuO4SiY. The monoisotopic (exact) mass is 360 g/mol. The first-order valence-electron chi connectivity index (χ1n) is 0.894. The van der Waals surface area contributed by atoms with Crippen molar-refractivity contribution in [3.8, 4) is 0 Å². The Labute approximate surface area is 96.1 Å². The molecule has 4 nitrogen and oxygen atoms in total. The predicted octanol–water partition coefficient (Wildman–Crippen LogP) is -2.61. The molecule has 0 rings (SSSR count). The average molecular weight is 360 g/mol. The van der Waals surface area contributed by atoms with Crippen molar-refractivity contribution < 1.29 is 88.8 Å². The van der Waals surface area contributed by atoms with E-state index in [1.54, 1.807) is 0 Å². The minimum atomic E-state index is -4.61. The van der Waals surface area contributed by atoms with Gasteiger partial charge in [0, 0.05) is 69.6 Å². The summed E-state index contributed by atoms with van der Waals surface area (Å²) in [5.74, 6) is 0. The third kappa shape index (κ3) is 59.9. The zero-order valence-electron chi connectivity index (χ0n) is 3.12. The van der Waals surface area contributed by atoms with Crippen molar-refractivity contribution >= 4 is 9.05 Å². The summed E-state index contributed by atoms with van der Waals surface area (Å²) in [4.78, 5) is 29.3. The zero-order valence-corrected chi connectivity index (χ0v) is 8.62. The second-order valence-corrected chi connectivity index (χ2v) is 1.80. The largest absolute Gasteiger partial charge is 0.668 e. The minimum absolute atomic E-state index is 0. The first-order valence-corrected chi connectivity index (χ1v) is 2.68. The molecule has 0 spiro atoms. The molecule has 50 valence electrons. The number of rotatable bonds is 0. The molecule has 4 N–H and O–H groups in total. The van der Waals surface area contributed by atoms with Gasteiger partial charge in [0.2, 0.25) is 0 Å². The Morgan fingerprint density at radius 1 is 0.857 bits per heavy atom. The van der Waals surface area contributed by atoms with Gasteiger partial charge >= 0.3 is 9.05 Å². The molecule has 0 aliphatic carbocycles. The van der Waals surface area contributed by atoms with E-state index in [1.807, 2.05) is 0 Å². The maximum Gasteiger partial charge on any atom is 0.668 e. The fourth-order valence-corrected chi connectivity index (χ4v) is 0. The summed E-state index contributed by atoms with van der Waals surface area (Å²) in [7, 11) is -4.61. The number of hydrogen-bond donors (Lipinski definition) is 4. The van der Waals surface area contributed by atoms with Crippen molar-refractivity contribution in [3.63, 3.8) is 0 Å². The third-order valence-corrected chi connectivity index (χ3v) is 0. The summed E-state index contributed by atoms with van der Waals surface area (Å²) >= 11 is 0. The van der Waals surface area contributed by atoms with E-state index in [9.17, 15) is 0 Å². The van der Waals surface area contributed by atoms with E-state index in [2.05, 4.69) is 0 Å². The molecule has 0 aliphatic heterocycles. The molecule has 0 saturated carbocycles. The van der Waals surface area contributed by atoms with Crippen LogP contribution in [0, 0.1) is 36.9 Å². The van der Waals surface area contributed by atoms with Gasteiger partial charge in [-0.25, -0.2) is 0 Å². The molecule has 0 atom stereocenters. The minimum Gasteiger partial charge on any atom is -0.368 e. The van der Waals surface area contributed by atoms with Crippen LogP contribution in [0.15, 0.2) is 0 Å². The van der Waals surface area contributed by atoms with Crippen LogP contribution in [0.2, 0.25) is 0 Å². The van der Waals surface area contributed by atoms with Gasteiger partial charge in [-0.2, -0.15) is 0 Å². The first kappa shape index (κ1) is 16.2. The molecule has 0 aromatic heterocycles. The van der Waals surface area contributed by atoms with Crippen LogP contribution in [0.1, 0.15) is 0 Å². The van der Waals surface area contributed by atoms with Crippen molar-refractivity contribution in [1.82, 2.24) is 0 Å². The summed E-state index contributed by atoms with van der Waals surface area (Å²) in [6, 6.07) is 0. The Hall–Kier alpha value is 2.39. The van der Waals surface area contributed by atoms with E-state index in [0.29, 0.717) is 0 Å². The molecular weight excluding hydrogens is 356 g/mol. The van der Waals surface area contributed by atoms with Crippen LogP contribution in [0.4, 0.5) is 0 Å². The van der Waals surface area contributed by atoms with Gasteiger partial charge in [-0.3, -0.25) is 0 Å². The van der Waals surface area contributed by atoms with E-state index in [0.717, 1.165) is 0 Å². The van der Waals surface area contributed by atoms with Gasteiger partial charge in [0.25, 0.3) is 0 Å². The summed E-state index contributed by atoms with van der Waals surface area (Å²) in [6.45, 7) is 0. The molecule has 0 aromatic carbocycles. The van der Waals surface area contributed by atoms with Crippen molar-refractivity contribution in [2.45, 2.75) is 0 Å². The van der Waals surface area contributed by atoms with Crippen LogP contribution in [-0.4, -0.2) is 28.2 Å². The molecule has 0 saturated heterocycles. The van der Waals surface area contributed by atoms with Gasteiger partial charge in [0.15, 0.2) is 0 Å². The molecule has 0 unspecified atom stereocenters. The van der Waals surface area contributed by atoms with Crippen LogP contribution < -0.4 is 0 Å². The Morgan fingerprint density at radius 3 is 0.857 bits per heavy atom. The molecule has 7 heteroatoms. The normalized spacial score (nSPS) is 8.57. The Bertz CT molecular complexity index is 27.2. The molecule has 7 heavy (non-hydrogen) atoms. The van der Waals surface area contributed by atoms with Crippen LogP contribution in [-0.2, 0) is 32.7 Å². The van der Waals surface area contributed by atoms with Crippen LogP contribution in [0.25, 0.3) is 0 Å². The summed E-state index contributed by atoms with van der Waals surface area (Å²) in [6.07, 6.45) is 0. The maximum atomic E-state index is 7.33. The fraction of sp³-hybridized carbons (Fsp3) is 0. The van der Waals surface area contributed by atoms with E-state index in [4.69, 9.17) is 19.2 Å². The van der Waals surface area contributed by atoms with E-state index in [1.165, 1.54) is 0 Å². The second-order valence-electron chi connectivity index (χ2n) is 0.600. The van der Waals surface area contributed by atoms with Crippen LogP contribution in [0.5, 0.6) is 0 Å². The third-order valence-electron chi connectivity index (χ3n) is 0. The molecule has 0 bridgehead atoms. The predicted molar refractivity (Wildman–Crippen MR) is 14.6 cm³/mol. The summed E-state index contributed by atoms with van der Waals surface area (Å²) in [5.41, 5.74) is 0. The standard InChI is InChI=1S/Lu.H4O4Si.Y/c;1-5(2,3)4;/h;1-4H;. The molecule has 0 amide bonds. The van der Waals surface area contributed by atoms with Crippen molar-refractivity contribution in [2.75, 3.05) is 0 Å². The van der Waals surface area contributed by atoms with E-state index >= 15 is 0 Å². The summed E-state index contributed by atoms with van der Waals surface area (Å²) in [5, 5.41) is 0. The Kier molecular flexibility index (Phi) is 15.1. The van der Waals surface area contributed by atoms with Crippen molar-refractivity contribution in [2.24, 2.45) is 0 Å². The summed E-state index contributed by atoms with van der Waals surface area (Å²) < 4.78 is 0. The topological polar surface area (TPSA) is 80.9 Å². The van der Waals surface area contributed by atoms with Crippen molar-refractivity contribution in [3.05, 3.63) is 0 Å². The van der Waals surface area contributed by atoms with Gasteiger partial charge in [-0.15, -0.1) is 0 Å². The quantitative estimate of drug-likeness (QED) is 0.357. The SMILES string of the molecule is O[Si](O)(O)O.[Lu].[Y]. The maximum absolute atomic E-state index is 7.33. The zero-order chi connectivity index (χ0) is 4.50. The second kappa shape index (κ2) is 6.51. The molecule has 0 aliphatic rings. The molecule has 0 fully saturated rings. The van der Waals surface area contributed by atoms with Gasteiger partial charge < -0.3 is 19.2 Å². The Morgan fingerprint density at radius 2 is 0.857 bits per heavy atom. The molecule has 0 aromatic rings.